The molecule has 0 radical (unpaired) electrons. The highest BCUT2D eigenvalue weighted by Crippen LogP contribution is 2.30. The molecule has 0 aliphatic rings. The van der Waals surface area contributed by atoms with Crippen LogP contribution in [0.5, 0.6) is 0 Å². The molecule has 8 heteroatoms. The molecule has 0 saturated heterocycles. The number of anilines is 3. The number of para-hydroxylation sites is 1. The summed E-state index contributed by atoms with van der Waals surface area (Å²) < 4.78 is 2.16. The molecule has 0 amide bonds. The molecule has 0 fully saturated rings. The second-order valence-corrected chi connectivity index (χ2v) is 8.13. The van der Waals surface area contributed by atoms with Gasteiger partial charge in [0.1, 0.15) is 16.7 Å². The standard InChI is InChI=1S/C26H23N7.ClH/c1-15-10-23-25(13-19(15)28)33(18-6-4-3-5-7-18)26-14-22(16(2)11-24(26)30-23)32-31-21-9-8-17(27)12-20(21)29;/h3-14H,1-2H3,(H5,27,28,29,32);1H. The maximum absolute atomic E-state index is 6.27. The van der Waals surface area contributed by atoms with Crippen molar-refractivity contribution in [2.24, 2.45) is 10.2 Å². The van der Waals surface area contributed by atoms with Crippen LogP contribution in [0.2, 0.25) is 0 Å². The zero-order valence-corrected chi connectivity index (χ0v) is 19.6. The third-order valence-corrected chi connectivity index (χ3v) is 5.71. The van der Waals surface area contributed by atoms with E-state index >= 15 is 0 Å². The first kappa shape index (κ1) is 22.9. The van der Waals surface area contributed by atoms with E-state index in [1.165, 1.54) is 0 Å². The molecule has 0 spiro atoms. The van der Waals surface area contributed by atoms with Crippen LogP contribution in [0.1, 0.15) is 11.1 Å². The van der Waals surface area contributed by atoms with Gasteiger partial charge in [0.2, 0.25) is 16.7 Å². The van der Waals surface area contributed by atoms with Gasteiger partial charge in [-0.2, -0.15) is 0 Å². The van der Waals surface area contributed by atoms with Crippen molar-refractivity contribution < 1.29 is 17.0 Å². The zero-order chi connectivity index (χ0) is 23.1. The van der Waals surface area contributed by atoms with Crippen molar-refractivity contribution >= 4 is 50.5 Å². The van der Waals surface area contributed by atoms with Crippen molar-refractivity contribution in [3.05, 3.63) is 83.9 Å². The minimum atomic E-state index is 0. The molecule has 4 aromatic carbocycles. The largest absolute Gasteiger partial charge is 1.00 e. The van der Waals surface area contributed by atoms with Crippen LogP contribution in [0.15, 0.2) is 83.0 Å². The molecule has 34 heavy (non-hydrogen) atoms. The van der Waals surface area contributed by atoms with Crippen LogP contribution in [-0.2, 0) is 0 Å². The molecule has 5 rings (SSSR count). The summed E-state index contributed by atoms with van der Waals surface area (Å²) in [7, 11) is 0. The molecule has 1 aromatic heterocycles. The van der Waals surface area contributed by atoms with E-state index in [1.807, 2.05) is 56.3 Å². The monoisotopic (exact) mass is 469 g/mol. The van der Waals surface area contributed by atoms with Gasteiger partial charge < -0.3 is 29.6 Å². The lowest BCUT2D eigenvalue weighted by Gasteiger charge is -2.09. The fourth-order valence-corrected chi connectivity index (χ4v) is 3.90. The minimum absolute atomic E-state index is 0. The smallest absolute Gasteiger partial charge is 0.239 e. The third kappa shape index (κ3) is 4.09. The predicted octanol–water partition coefficient (Wildman–Crippen LogP) is 2.45. The molecule has 0 aliphatic carbocycles. The van der Waals surface area contributed by atoms with Crippen molar-refractivity contribution in [2.75, 3.05) is 17.2 Å². The summed E-state index contributed by atoms with van der Waals surface area (Å²) >= 11 is 0. The SMILES string of the molecule is Cc1cc2nc3cc(C)c(N=Nc4ccc(N)cc4N)cc3[n+](-c3ccccc3)c2cc1N.[Cl-]. The fraction of sp³-hybridized carbons (Fsp3) is 0.0769. The molecule has 0 aliphatic heterocycles. The van der Waals surface area contributed by atoms with Gasteiger partial charge in [-0.15, -0.1) is 14.8 Å². The second-order valence-electron chi connectivity index (χ2n) is 8.13. The molecular weight excluding hydrogens is 446 g/mol. The van der Waals surface area contributed by atoms with E-state index in [0.717, 1.165) is 50.3 Å². The van der Waals surface area contributed by atoms with E-state index in [0.29, 0.717) is 17.1 Å². The molecule has 0 bridgehead atoms. The number of nitrogens with two attached hydrogens (primary N) is 3. The number of fused-ring (bicyclic) bond motifs is 2. The second kappa shape index (κ2) is 8.96. The number of nitrogen functional groups attached to an aromatic ring is 3. The number of halogens is 1. The Morgan fingerprint density at radius 2 is 1.32 bits per heavy atom. The molecule has 6 N–H and O–H groups in total. The molecule has 170 valence electrons. The summed E-state index contributed by atoms with van der Waals surface area (Å²) in [6, 6.07) is 23.3. The Balaban J connectivity index is 0.00000274. The van der Waals surface area contributed by atoms with Crippen molar-refractivity contribution in [3.63, 3.8) is 0 Å². The molecular formula is C26H24ClN7. The van der Waals surface area contributed by atoms with E-state index in [-0.39, 0.29) is 12.4 Å². The first-order valence-corrected chi connectivity index (χ1v) is 10.6. The van der Waals surface area contributed by atoms with Gasteiger partial charge in [0.05, 0.1) is 11.4 Å². The maximum atomic E-state index is 6.27. The Morgan fingerprint density at radius 3 is 2.03 bits per heavy atom. The van der Waals surface area contributed by atoms with E-state index in [1.54, 1.807) is 18.2 Å². The minimum Gasteiger partial charge on any atom is -1.00 e. The third-order valence-electron chi connectivity index (χ3n) is 5.71. The summed E-state index contributed by atoms with van der Waals surface area (Å²) in [5, 5.41) is 8.87. The van der Waals surface area contributed by atoms with Crippen molar-refractivity contribution in [1.29, 1.82) is 0 Å². The van der Waals surface area contributed by atoms with Gasteiger partial charge >= 0.3 is 0 Å². The highest BCUT2D eigenvalue weighted by Gasteiger charge is 2.21. The van der Waals surface area contributed by atoms with Crippen LogP contribution in [0.25, 0.3) is 27.8 Å². The fourth-order valence-electron chi connectivity index (χ4n) is 3.90. The quantitative estimate of drug-likeness (QED) is 0.163. The van der Waals surface area contributed by atoms with Crippen LogP contribution < -0.4 is 34.2 Å². The summed E-state index contributed by atoms with van der Waals surface area (Å²) in [5.41, 5.74) is 27.7. The number of nitrogens with zero attached hydrogens (tertiary/aromatic N) is 4. The number of hydrogen-bond acceptors (Lipinski definition) is 6. The molecule has 0 saturated carbocycles. The zero-order valence-electron chi connectivity index (χ0n) is 18.8. The molecule has 5 aromatic rings. The van der Waals surface area contributed by atoms with E-state index in [2.05, 4.69) is 26.9 Å². The van der Waals surface area contributed by atoms with E-state index in [9.17, 15) is 0 Å². The number of aryl methyl sites for hydroxylation is 2. The lowest BCUT2D eigenvalue weighted by molar-refractivity contribution is -0.538. The first-order valence-electron chi connectivity index (χ1n) is 10.6. The van der Waals surface area contributed by atoms with Gasteiger partial charge in [-0.25, -0.2) is 4.98 Å². The Bertz CT molecular complexity index is 1560. The van der Waals surface area contributed by atoms with Crippen molar-refractivity contribution in [1.82, 2.24) is 4.98 Å². The normalized spacial score (nSPS) is 11.2. The molecule has 0 unspecified atom stereocenters. The van der Waals surface area contributed by atoms with Crippen LogP contribution in [0.4, 0.5) is 28.4 Å². The van der Waals surface area contributed by atoms with Crippen LogP contribution in [0.3, 0.4) is 0 Å². The summed E-state index contributed by atoms with van der Waals surface area (Å²) in [5.74, 6) is 0. The maximum Gasteiger partial charge on any atom is 0.239 e. The first-order chi connectivity index (χ1) is 15.9. The van der Waals surface area contributed by atoms with Crippen molar-refractivity contribution in [3.8, 4) is 5.69 Å². The molecule has 1 heterocycles. The van der Waals surface area contributed by atoms with Crippen LogP contribution in [0, 0.1) is 13.8 Å². The molecule has 0 atom stereocenters. The highest BCUT2D eigenvalue weighted by atomic mass is 35.5. The lowest BCUT2D eigenvalue weighted by Crippen LogP contribution is -3.00. The lowest BCUT2D eigenvalue weighted by atomic mass is 10.1. The van der Waals surface area contributed by atoms with E-state index < -0.39 is 0 Å². The number of aromatic nitrogens is 2. The number of rotatable bonds is 3. The van der Waals surface area contributed by atoms with Gasteiger partial charge in [0.15, 0.2) is 0 Å². The summed E-state index contributed by atoms with van der Waals surface area (Å²) in [4.78, 5) is 4.93. The van der Waals surface area contributed by atoms with Gasteiger partial charge in [0.25, 0.3) is 0 Å². The van der Waals surface area contributed by atoms with Crippen molar-refractivity contribution in [2.45, 2.75) is 13.8 Å². The average Bonchev–Trinajstić information content (AvgIpc) is 2.79. The average molecular weight is 470 g/mol. The van der Waals surface area contributed by atoms with Gasteiger partial charge in [-0.1, -0.05) is 18.2 Å². The van der Waals surface area contributed by atoms with Gasteiger partial charge in [-0.3, -0.25) is 0 Å². The summed E-state index contributed by atoms with van der Waals surface area (Å²) in [6.45, 7) is 3.98. The number of hydrogen-bond donors (Lipinski definition) is 3. The summed E-state index contributed by atoms with van der Waals surface area (Å²) in [6.07, 6.45) is 0. The van der Waals surface area contributed by atoms with Crippen LogP contribution in [-0.4, -0.2) is 4.98 Å². The number of benzene rings is 4. The topological polar surface area (TPSA) is 120 Å². The Kier molecular flexibility index (Phi) is 6.04. The Morgan fingerprint density at radius 1 is 0.676 bits per heavy atom. The van der Waals surface area contributed by atoms with E-state index in [4.69, 9.17) is 22.2 Å². The van der Waals surface area contributed by atoms with Gasteiger partial charge in [-0.05, 0) is 55.3 Å². The molecule has 7 nitrogen and oxygen atoms in total. The Hall–Kier alpha value is -4.23. The van der Waals surface area contributed by atoms with Crippen LogP contribution >= 0.6 is 0 Å². The number of azo groups is 1. The highest BCUT2D eigenvalue weighted by molar-refractivity contribution is 5.87. The Labute approximate surface area is 203 Å². The predicted molar refractivity (Wildman–Crippen MR) is 134 cm³/mol. The van der Waals surface area contributed by atoms with Gasteiger partial charge in [0, 0.05) is 35.6 Å².